The van der Waals surface area contributed by atoms with Crippen molar-refractivity contribution in [3.05, 3.63) is 28.5 Å². The molecule has 0 aliphatic carbocycles. The number of alkyl halides is 1. The second-order valence-corrected chi connectivity index (χ2v) is 7.45. The lowest BCUT2D eigenvalue weighted by atomic mass is 10.1. The molecule has 1 atom stereocenters. The van der Waals surface area contributed by atoms with Gasteiger partial charge in [-0.3, -0.25) is 0 Å². The van der Waals surface area contributed by atoms with E-state index < -0.39 is 15.8 Å². The minimum absolute atomic E-state index is 0.192. The minimum atomic E-state index is -3.78. The summed E-state index contributed by atoms with van der Waals surface area (Å²) >= 11 is 6.38. The van der Waals surface area contributed by atoms with Gasteiger partial charge in [0.05, 0.1) is 0 Å². The fourth-order valence-electron chi connectivity index (χ4n) is 1.31. The van der Waals surface area contributed by atoms with Crippen LogP contribution in [0.3, 0.4) is 0 Å². The standard InChI is InChI=1S/C11H14Br2FNO2S/c1-8(4-5-12)7-15-18(16,17)11-3-2-9(13)6-10(11)14/h2-3,6,8,15H,4-5,7H2,1H3. The maximum Gasteiger partial charge on any atom is 0.243 e. The monoisotopic (exact) mass is 401 g/mol. The van der Waals surface area contributed by atoms with Crippen LogP contribution in [-0.4, -0.2) is 20.3 Å². The van der Waals surface area contributed by atoms with Crippen molar-refractivity contribution in [3.8, 4) is 0 Å². The first kappa shape index (κ1) is 16.1. The molecule has 0 aliphatic heterocycles. The predicted molar refractivity (Wildman–Crippen MR) is 76.9 cm³/mol. The van der Waals surface area contributed by atoms with Crippen LogP contribution in [0.1, 0.15) is 13.3 Å². The van der Waals surface area contributed by atoms with E-state index in [1.54, 1.807) is 0 Å². The summed E-state index contributed by atoms with van der Waals surface area (Å²) in [6.07, 6.45) is 0.853. The van der Waals surface area contributed by atoms with Gasteiger partial charge in [-0.05, 0) is 30.5 Å². The summed E-state index contributed by atoms with van der Waals surface area (Å²) in [6.45, 7) is 2.23. The lowest BCUT2D eigenvalue weighted by molar-refractivity contribution is 0.524. The number of hydrogen-bond acceptors (Lipinski definition) is 2. The molecule has 1 aromatic carbocycles. The van der Waals surface area contributed by atoms with Crippen LogP contribution in [0, 0.1) is 11.7 Å². The van der Waals surface area contributed by atoms with Gasteiger partial charge in [-0.25, -0.2) is 17.5 Å². The molecule has 1 rings (SSSR count). The number of nitrogens with one attached hydrogen (secondary N) is 1. The van der Waals surface area contributed by atoms with Gasteiger partial charge in [-0.2, -0.15) is 0 Å². The zero-order valence-corrected chi connectivity index (χ0v) is 13.8. The Kier molecular flexibility index (Phi) is 6.23. The summed E-state index contributed by atoms with van der Waals surface area (Å²) in [4.78, 5) is -0.322. The van der Waals surface area contributed by atoms with Crippen LogP contribution in [-0.2, 0) is 10.0 Å². The fraction of sp³-hybridized carbons (Fsp3) is 0.455. The van der Waals surface area contributed by atoms with Gasteiger partial charge in [0.25, 0.3) is 0 Å². The molecular weight excluding hydrogens is 389 g/mol. The van der Waals surface area contributed by atoms with Gasteiger partial charge >= 0.3 is 0 Å². The molecule has 1 N–H and O–H groups in total. The van der Waals surface area contributed by atoms with E-state index in [1.165, 1.54) is 12.1 Å². The second kappa shape index (κ2) is 6.98. The molecule has 1 aromatic rings. The summed E-state index contributed by atoms with van der Waals surface area (Å²) in [5.74, 6) is -0.567. The summed E-state index contributed by atoms with van der Waals surface area (Å²) in [6, 6.07) is 3.88. The van der Waals surface area contributed by atoms with E-state index in [9.17, 15) is 12.8 Å². The fourth-order valence-corrected chi connectivity index (χ4v) is 3.65. The van der Waals surface area contributed by atoms with Gasteiger partial charge in [0, 0.05) is 16.3 Å². The lowest BCUT2D eigenvalue weighted by Gasteiger charge is -2.12. The van der Waals surface area contributed by atoms with Crippen LogP contribution >= 0.6 is 31.9 Å². The molecule has 0 aromatic heterocycles. The van der Waals surface area contributed by atoms with Crippen LogP contribution in [0.25, 0.3) is 0 Å². The molecule has 102 valence electrons. The highest BCUT2D eigenvalue weighted by Crippen LogP contribution is 2.19. The Morgan fingerprint density at radius 1 is 1.44 bits per heavy atom. The third kappa shape index (κ3) is 4.60. The van der Waals surface area contributed by atoms with Gasteiger partial charge < -0.3 is 0 Å². The van der Waals surface area contributed by atoms with E-state index in [4.69, 9.17) is 0 Å². The molecule has 0 fully saturated rings. The molecule has 0 spiro atoms. The molecule has 0 radical (unpaired) electrons. The Labute approximate surface area is 123 Å². The lowest BCUT2D eigenvalue weighted by Crippen LogP contribution is -2.29. The molecule has 0 aliphatic rings. The van der Waals surface area contributed by atoms with Crippen molar-refractivity contribution in [2.75, 3.05) is 11.9 Å². The highest BCUT2D eigenvalue weighted by Gasteiger charge is 2.19. The maximum absolute atomic E-state index is 13.6. The highest BCUT2D eigenvalue weighted by molar-refractivity contribution is 9.10. The molecule has 7 heteroatoms. The Hall–Kier alpha value is 0.0200. The van der Waals surface area contributed by atoms with Crippen molar-refractivity contribution >= 4 is 41.9 Å². The Morgan fingerprint density at radius 2 is 2.11 bits per heavy atom. The second-order valence-electron chi connectivity index (χ2n) is 4.01. The molecule has 0 saturated carbocycles. The van der Waals surface area contributed by atoms with Crippen LogP contribution in [0.15, 0.2) is 27.6 Å². The smallest absolute Gasteiger partial charge is 0.211 e. The first-order valence-electron chi connectivity index (χ1n) is 5.37. The SMILES string of the molecule is CC(CCBr)CNS(=O)(=O)c1ccc(Br)cc1F. The molecule has 1 unspecified atom stereocenters. The molecule has 0 bridgehead atoms. The number of hydrogen-bond donors (Lipinski definition) is 1. The van der Waals surface area contributed by atoms with E-state index in [0.717, 1.165) is 17.8 Å². The van der Waals surface area contributed by atoms with Crippen molar-refractivity contribution in [1.82, 2.24) is 4.72 Å². The number of halogens is 3. The van der Waals surface area contributed by atoms with E-state index in [2.05, 4.69) is 36.6 Å². The Morgan fingerprint density at radius 3 is 2.67 bits per heavy atom. The molecule has 18 heavy (non-hydrogen) atoms. The summed E-state index contributed by atoms with van der Waals surface area (Å²) in [5, 5.41) is 0.808. The summed E-state index contributed by atoms with van der Waals surface area (Å²) in [5.41, 5.74) is 0. The highest BCUT2D eigenvalue weighted by atomic mass is 79.9. The van der Waals surface area contributed by atoms with Crippen LogP contribution in [0.5, 0.6) is 0 Å². The average molecular weight is 403 g/mol. The van der Waals surface area contributed by atoms with Gasteiger partial charge in [-0.1, -0.05) is 38.8 Å². The third-order valence-corrected chi connectivity index (χ3v) is 4.82. The molecule has 3 nitrogen and oxygen atoms in total. The molecule has 0 saturated heterocycles. The van der Waals surface area contributed by atoms with Gasteiger partial charge in [0.1, 0.15) is 10.7 Å². The normalized spacial score (nSPS) is 13.6. The van der Waals surface area contributed by atoms with Crippen LogP contribution in [0.2, 0.25) is 0 Å². The van der Waals surface area contributed by atoms with Crippen molar-refractivity contribution < 1.29 is 12.8 Å². The van der Waals surface area contributed by atoms with Crippen LogP contribution < -0.4 is 4.72 Å². The van der Waals surface area contributed by atoms with E-state index in [-0.39, 0.29) is 10.8 Å². The first-order valence-corrected chi connectivity index (χ1v) is 8.77. The number of benzene rings is 1. The Bertz CT molecular complexity index is 508. The molecule has 0 amide bonds. The minimum Gasteiger partial charge on any atom is -0.211 e. The summed E-state index contributed by atoms with van der Waals surface area (Å²) < 4.78 is 40.3. The number of rotatable bonds is 6. The third-order valence-electron chi connectivity index (χ3n) is 2.41. The van der Waals surface area contributed by atoms with Gasteiger partial charge in [0.2, 0.25) is 10.0 Å². The largest absolute Gasteiger partial charge is 0.243 e. The van der Waals surface area contributed by atoms with Crippen molar-refractivity contribution in [3.63, 3.8) is 0 Å². The molecular formula is C11H14Br2FNO2S. The van der Waals surface area contributed by atoms with Crippen molar-refractivity contribution in [2.24, 2.45) is 5.92 Å². The number of sulfonamides is 1. The van der Waals surface area contributed by atoms with Crippen molar-refractivity contribution in [2.45, 2.75) is 18.2 Å². The topological polar surface area (TPSA) is 46.2 Å². The Balaban J connectivity index is 2.80. The maximum atomic E-state index is 13.6. The summed E-state index contributed by atoms with van der Waals surface area (Å²) in [7, 11) is -3.78. The first-order chi connectivity index (χ1) is 8.36. The van der Waals surface area contributed by atoms with E-state index in [1.807, 2.05) is 6.92 Å². The zero-order valence-electron chi connectivity index (χ0n) is 9.79. The van der Waals surface area contributed by atoms with Gasteiger partial charge in [-0.15, -0.1) is 0 Å². The van der Waals surface area contributed by atoms with Gasteiger partial charge in [0.15, 0.2) is 0 Å². The predicted octanol–water partition coefficient (Wildman–Crippen LogP) is 3.29. The van der Waals surface area contributed by atoms with Crippen molar-refractivity contribution in [1.29, 1.82) is 0 Å². The van der Waals surface area contributed by atoms with E-state index in [0.29, 0.717) is 11.0 Å². The van der Waals surface area contributed by atoms with E-state index >= 15 is 0 Å². The molecule has 0 heterocycles. The van der Waals surface area contributed by atoms with Crippen LogP contribution in [0.4, 0.5) is 4.39 Å². The zero-order chi connectivity index (χ0) is 13.8. The quantitative estimate of drug-likeness (QED) is 0.742. The average Bonchev–Trinajstić information content (AvgIpc) is 2.26.